The van der Waals surface area contributed by atoms with Crippen molar-refractivity contribution in [1.29, 1.82) is 0 Å². The summed E-state index contributed by atoms with van der Waals surface area (Å²) in [4.78, 5) is 33.5. The molecule has 0 aliphatic heterocycles. The van der Waals surface area contributed by atoms with Crippen molar-refractivity contribution >= 4 is 23.2 Å². The molecule has 0 aromatic carbocycles. The van der Waals surface area contributed by atoms with Gasteiger partial charge >= 0.3 is 10.8 Å². The molecule has 0 aliphatic carbocycles. The minimum Gasteiger partial charge on any atom is -0.480 e. The summed E-state index contributed by atoms with van der Waals surface area (Å²) in [5.41, 5.74) is 0.647. The molecule has 1 aromatic rings. The van der Waals surface area contributed by atoms with Gasteiger partial charge in [-0.1, -0.05) is 11.3 Å². The Hall–Kier alpha value is -1.67. The van der Waals surface area contributed by atoms with Crippen LogP contribution < -0.4 is 10.2 Å². The third-order valence-corrected chi connectivity index (χ3v) is 3.21. The molecule has 0 bridgehead atoms. The molecule has 8 heteroatoms. The molecule has 1 unspecified atom stereocenters. The predicted octanol–water partition coefficient (Wildman–Crippen LogP) is -0.830. The second kappa shape index (κ2) is 6.31. The number of aryl methyl sites for hydroxylation is 1. The van der Waals surface area contributed by atoms with Crippen LogP contribution in [-0.4, -0.2) is 39.3 Å². The van der Waals surface area contributed by atoms with Crippen molar-refractivity contribution in [3.8, 4) is 0 Å². The Labute approximate surface area is 107 Å². The third kappa shape index (κ3) is 3.67. The minimum atomic E-state index is -1.22. The lowest BCUT2D eigenvalue weighted by Gasteiger charge is -2.13. The van der Waals surface area contributed by atoms with Gasteiger partial charge in [0.2, 0.25) is 5.91 Å². The van der Waals surface area contributed by atoms with E-state index < -0.39 is 17.9 Å². The Balaban J connectivity index is 2.66. The first-order valence-corrected chi connectivity index (χ1v) is 6.11. The number of nitrogens with zero attached hydrogens (tertiary/aromatic N) is 1. The molecule has 0 radical (unpaired) electrons. The number of nitrogens with one attached hydrogen (secondary N) is 1. The standard InChI is InChI=1S/C10H14N2O5S/c1-6-5-18-10(17)12(6)4-8(14)11-7(2-3-13)9(15)16/h5,7,13H,2-4H2,1H3,(H,11,14)(H,15,16). The normalized spacial score (nSPS) is 12.1. The van der Waals surface area contributed by atoms with Crippen LogP contribution in [0.1, 0.15) is 12.1 Å². The van der Waals surface area contributed by atoms with Crippen molar-refractivity contribution in [2.24, 2.45) is 0 Å². The fraction of sp³-hybridized carbons (Fsp3) is 0.500. The number of aliphatic hydroxyl groups is 1. The molecular weight excluding hydrogens is 260 g/mol. The molecule has 0 spiro atoms. The molecule has 0 fully saturated rings. The van der Waals surface area contributed by atoms with Gasteiger partial charge in [-0.15, -0.1) is 0 Å². The maximum Gasteiger partial charge on any atom is 0.326 e. The van der Waals surface area contributed by atoms with Crippen LogP contribution in [0.5, 0.6) is 0 Å². The summed E-state index contributed by atoms with van der Waals surface area (Å²) in [6.45, 7) is 1.13. The van der Waals surface area contributed by atoms with Gasteiger partial charge in [0.15, 0.2) is 0 Å². The highest BCUT2D eigenvalue weighted by Crippen LogP contribution is 1.99. The zero-order valence-corrected chi connectivity index (χ0v) is 10.6. The van der Waals surface area contributed by atoms with Crippen molar-refractivity contribution in [2.45, 2.75) is 25.9 Å². The number of aromatic nitrogens is 1. The molecule has 1 rings (SSSR count). The van der Waals surface area contributed by atoms with Gasteiger partial charge in [-0.05, 0) is 6.92 Å². The first kappa shape index (κ1) is 14.4. The van der Waals surface area contributed by atoms with Crippen LogP contribution in [0.25, 0.3) is 0 Å². The van der Waals surface area contributed by atoms with Gasteiger partial charge in [-0.2, -0.15) is 0 Å². The van der Waals surface area contributed by atoms with E-state index in [2.05, 4.69) is 5.32 Å². The molecule has 3 N–H and O–H groups in total. The lowest BCUT2D eigenvalue weighted by atomic mass is 10.2. The number of thiazole rings is 1. The van der Waals surface area contributed by atoms with E-state index >= 15 is 0 Å². The zero-order chi connectivity index (χ0) is 13.7. The summed E-state index contributed by atoms with van der Waals surface area (Å²) >= 11 is 0.980. The smallest absolute Gasteiger partial charge is 0.326 e. The first-order valence-electron chi connectivity index (χ1n) is 5.23. The Bertz CT molecular complexity index is 493. The second-order valence-electron chi connectivity index (χ2n) is 3.70. The number of carboxylic acids is 1. The molecule has 1 amide bonds. The van der Waals surface area contributed by atoms with Crippen molar-refractivity contribution < 1.29 is 19.8 Å². The van der Waals surface area contributed by atoms with Crippen LogP contribution in [0, 0.1) is 6.92 Å². The summed E-state index contributed by atoms with van der Waals surface area (Å²) in [6, 6.07) is -1.14. The van der Waals surface area contributed by atoms with Gasteiger partial charge in [0, 0.05) is 24.1 Å². The monoisotopic (exact) mass is 274 g/mol. The van der Waals surface area contributed by atoms with Crippen LogP contribution >= 0.6 is 11.3 Å². The summed E-state index contributed by atoms with van der Waals surface area (Å²) in [6.07, 6.45) is -0.0708. The Morgan fingerprint density at radius 3 is 2.67 bits per heavy atom. The van der Waals surface area contributed by atoms with Crippen molar-refractivity contribution in [1.82, 2.24) is 9.88 Å². The highest BCUT2D eigenvalue weighted by Gasteiger charge is 2.19. The number of aliphatic carboxylic acids is 1. The average Bonchev–Trinajstić information content (AvgIpc) is 2.60. The fourth-order valence-corrected chi connectivity index (χ4v) is 2.10. The maximum absolute atomic E-state index is 11.6. The van der Waals surface area contributed by atoms with E-state index in [-0.39, 0.29) is 24.4 Å². The number of carboxylic acid groups (broad SMARTS) is 1. The Morgan fingerprint density at radius 1 is 1.56 bits per heavy atom. The molecule has 1 atom stereocenters. The van der Waals surface area contributed by atoms with Crippen LogP contribution in [0.15, 0.2) is 10.2 Å². The van der Waals surface area contributed by atoms with E-state index in [1.54, 1.807) is 12.3 Å². The van der Waals surface area contributed by atoms with Gasteiger partial charge in [-0.25, -0.2) is 4.79 Å². The van der Waals surface area contributed by atoms with Gasteiger partial charge in [0.05, 0.1) is 0 Å². The van der Waals surface area contributed by atoms with Crippen LogP contribution in [0.2, 0.25) is 0 Å². The lowest BCUT2D eigenvalue weighted by Crippen LogP contribution is -2.43. The molecular formula is C10H14N2O5S. The summed E-state index contributed by atoms with van der Waals surface area (Å²) in [5, 5.41) is 21.4. The van der Waals surface area contributed by atoms with Crippen molar-refractivity contribution in [3.63, 3.8) is 0 Å². The van der Waals surface area contributed by atoms with Crippen molar-refractivity contribution in [3.05, 3.63) is 20.7 Å². The van der Waals surface area contributed by atoms with Crippen LogP contribution in [0.4, 0.5) is 0 Å². The molecule has 18 heavy (non-hydrogen) atoms. The summed E-state index contributed by atoms with van der Waals surface area (Å²) in [7, 11) is 0. The highest BCUT2D eigenvalue weighted by atomic mass is 32.1. The quantitative estimate of drug-likeness (QED) is 0.627. The topological polar surface area (TPSA) is 109 Å². The van der Waals surface area contributed by atoms with Crippen molar-refractivity contribution in [2.75, 3.05) is 6.61 Å². The van der Waals surface area contributed by atoms with E-state index in [0.717, 1.165) is 11.3 Å². The van der Waals surface area contributed by atoms with Gasteiger partial charge < -0.3 is 15.5 Å². The largest absolute Gasteiger partial charge is 0.480 e. The number of aliphatic hydroxyl groups excluding tert-OH is 1. The Kier molecular flexibility index (Phi) is 5.05. The molecule has 0 saturated heterocycles. The SMILES string of the molecule is Cc1csc(=O)n1CC(=O)NC(CCO)C(=O)O. The lowest BCUT2D eigenvalue weighted by molar-refractivity contribution is -0.142. The van der Waals surface area contributed by atoms with Crippen LogP contribution in [0.3, 0.4) is 0 Å². The summed E-state index contributed by atoms with van der Waals surface area (Å²) in [5.74, 6) is -1.79. The maximum atomic E-state index is 11.6. The van der Waals surface area contributed by atoms with E-state index in [1.165, 1.54) is 4.57 Å². The second-order valence-corrected chi connectivity index (χ2v) is 4.52. The summed E-state index contributed by atoms with van der Waals surface area (Å²) < 4.78 is 1.26. The van der Waals surface area contributed by atoms with E-state index in [1.807, 2.05) is 0 Å². The molecule has 0 aliphatic rings. The van der Waals surface area contributed by atoms with E-state index in [0.29, 0.717) is 5.69 Å². The molecule has 1 heterocycles. The number of hydrogen-bond acceptors (Lipinski definition) is 5. The fourth-order valence-electron chi connectivity index (χ4n) is 1.37. The number of hydrogen-bond donors (Lipinski definition) is 3. The number of carbonyl (C=O) groups is 2. The molecule has 100 valence electrons. The average molecular weight is 274 g/mol. The number of carbonyl (C=O) groups excluding carboxylic acids is 1. The van der Waals surface area contributed by atoms with Gasteiger partial charge in [0.25, 0.3) is 0 Å². The zero-order valence-electron chi connectivity index (χ0n) is 9.75. The minimum absolute atomic E-state index is 0.0708. The third-order valence-electron chi connectivity index (χ3n) is 2.33. The highest BCUT2D eigenvalue weighted by molar-refractivity contribution is 7.07. The molecule has 7 nitrogen and oxygen atoms in total. The Morgan fingerprint density at radius 2 is 2.22 bits per heavy atom. The van der Waals surface area contributed by atoms with E-state index in [4.69, 9.17) is 10.2 Å². The first-order chi connectivity index (χ1) is 8.45. The molecule has 1 aromatic heterocycles. The van der Waals surface area contributed by atoms with Crippen LogP contribution in [-0.2, 0) is 16.1 Å². The number of rotatable bonds is 6. The van der Waals surface area contributed by atoms with Gasteiger partial charge in [-0.3, -0.25) is 14.2 Å². The predicted molar refractivity (Wildman–Crippen MR) is 64.6 cm³/mol. The van der Waals surface area contributed by atoms with E-state index in [9.17, 15) is 14.4 Å². The molecule has 0 saturated carbocycles. The van der Waals surface area contributed by atoms with Gasteiger partial charge in [0.1, 0.15) is 12.6 Å². The number of amides is 1.